The van der Waals surface area contributed by atoms with Crippen LogP contribution in [0.5, 0.6) is 0 Å². The number of amides is 1. The minimum atomic E-state index is 0.192. The Morgan fingerprint density at radius 3 is 2.73 bits per heavy atom. The summed E-state index contributed by atoms with van der Waals surface area (Å²) in [5, 5.41) is 0.848. The molecular weight excluding hydrogens is 346 g/mol. The van der Waals surface area contributed by atoms with Crippen LogP contribution in [-0.4, -0.2) is 50.3 Å². The van der Waals surface area contributed by atoms with Crippen LogP contribution in [0, 0.1) is 13.8 Å². The number of thiazole rings is 1. The second kappa shape index (κ2) is 8.93. The summed E-state index contributed by atoms with van der Waals surface area (Å²) in [6.45, 7) is 12.0. The molecule has 1 aliphatic rings. The fourth-order valence-corrected chi connectivity index (χ4v) is 4.45. The molecule has 2 heterocycles. The molecule has 1 amide bonds. The van der Waals surface area contributed by atoms with E-state index in [1.165, 1.54) is 11.1 Å². The molecule has 1 aromatic carbocycles. The third-order valence-corrected chi connectivity index (χ3v) is 6.14. The summed E-state index contributed by atoms with van der Waals surface area (Å²) in [7, 11) is 0. The molecule has 2 aromatic rings. The lowest BCUT2D eigenvalue weighted by Gasteiger charge is -2.25. The molecule has 26 heavy (non-hydrogen) atoms. The average molecular weight is 377 g/mol. The van der Waals surface area contributed by atoms with E-state index < -0.39 is 0 Å². The van der Waals surface area contributed by atoms with Gasteiger partial charge >= 0.3 is 0 Å². The Balaban J connectivity index is 1.73. The molecule has 1 aromatic heterocycles. The minimum Gasteiger partial charge on any atom is -0.370 e. The number of rotatable bonds is 7. The maximum absolute atomic E-state index is 12.7. The number of ether oxygens (including phenoxy) is 1. The molecule has 142 valence electrons. The largest absolute Gasteiger partial charge is 0.370 e. The molecule has 0 radical (unpaired) electrons. The van der Waals surface area contributed by atoms with Crippen molar-refractivity contribution in [1.29, 1.82) is 0 Å². The zero-order valence-electron chi connectivity index (χ0n) is 16.1. The first-order valence-electron chi connectivity index (χ1n) is 9.68. The molecule has 1 aliphatic heterocycles. The number of anilines is 1. The van der Waals surface area contributed by atoms with Crippen molar-refractivity contribution in [3.8, 4) is 0 Å². The van der Waals surface area contributed by atoms with Crippen LogP contribution in [0.3, 0.4) is 0 Å². The molecule has 1 fully saturated rings. The Hall–Kier alpha value is -1.50. The first-order valence-corrected chi connectivity index (χ1v) is 10.5. The lowest BCUT2D eigenvalue weighted by molar-refractivity contribution is -0.908. The van der Waals surface area contributed by atoms with E-state index in [0.717, 1.165) is 67.6 Å². The van der Waals surface area contributed by atoms with Crippen LogP contribution >= 0.6 is 11.3 Å². The number of morpholine rings is 1. The molecule has 1 N–H and O–H groups in total. The highest BCUT2D eigenvalue weighted by atomic mass is 32.1. The Kier molecular flexibility index (Phi) is 6.62. The number of aryl methyl sites for hydroxylation is 2. The van der Waals surface area contributed by atoms with Crippen molar-refractivity contribution in [3.63, 3.8) is 0 Å². The van der Waals surface area contributed by atoms with E-state index in [1.807, 2.05) is 4.90 Å². The standard InChI is InChI=1S/C20H29N3O2S/c1-4-6-19(24)23(8-5-7-22-9-11-25-12-10-22)20-21-17-13-15(2)16(3)14-18(17)26-20/h13-14H,4-12H2,1-3H3/p+1. The molecule has 6 heteroatoms. The maximum atomic E-state index is 12.7. The van der Waals surface area contributed by atoms with Crippen LogP contribution in [0.2, 0.25) is 0 Å². The summed E-state index contributed by atoms with van der Waals surface area (Å²) in [6, 6.07) is 4.32. The number of aromatic nitrogens is 1. The van der Waals surface area contributed by atoms with Gasteiger partial charge in [0.25, 0.3) is 0 Å². The molecular formula is C20H30N3O2S+. The van der Waals surface area contributed by atoms with E-state index in [2.05, 4.69) is 32.9 Å². The van der Waals surface area contributed by atoms with Gasteiger partial charge in [0, 0.05) is 19.4 Å². The lowest BCUT2D eigenvalue weighted by Crippen LogP contribution is -3.14. The fourth-order valence-electron chi connectivity index (χ4n) is 3.36. The van der Waals surface area contributed by atoms with E-state index in [1.54, 1.807) is 16.2 Å². The van der Waals surface area contributed by atoms with Gasteiger partial charge in [-0.25, -0.2) is 4.98 Å². The Labute approximate surface area is 160 Å². The van der Waals surface area contributed by atoms with Gasteiger partial charge in [0.2, 0.25) is 5.91 Å². The minimum absolute atomic E-state index is 0.192. The van der Waals surface area contributed by atoms with Crippen LogP contribution in [0.15, 0.2) is 12.1 Å². The van der Waals surface area contributed by atoms with Crippen LogP contribution < -0.4 is 9.80 Å². The smallest absolute Gasteiger partial charge is 0.228 e. The molecule has 0 atom stereocenters. The van der Waals surface area contributed by atoms with Crippen LogP contribution in [0.4, 0.5) is 5.13 Å². The fraction of sp³-hybridized carbons (Fsp3) is 0.600. The van der Waals surface area contributed by atoms with Gasteiger partial charge in [-0.3, -0.25) is 9.69 Å². The van der Waals surface area contributed by atoms with Crippen molar-refractivity contribution in [2.75, 3.05) is 44.3 Å². The van der Waals surface area contributed by atoms with E-state index in [4.69, 9.17) is 9.72 Å². The average Bonchev–Trinajstić information content (AvgIpc) is 3.02. The van der Waals surface area contributed by atoms with Gasteiger partial charge in [-0.1, -0.05) is 18.3 Å². The predicted molar refractivity (Wildman–Crippen MR) is 107 cm³/mol. The third kappa shape index (κ3) is 4.61. The highest BCUT2D eigenvalue weighted by Crippen LogP contribution is 2.31. The summed E-state index contributed by atoms with van der Waals surface area (Å²) in [4.78, 5) is 21.0. The van der Waals surface area contributed by atoms with Crippen LogP contribution in [0.1, 0.15) is 37.3 Å². The second-order valence-electron chi connectivity index (χ2n) is 7.16. The third-order valence-electron chi connectivity index (χ3n) is 5.10. The SMILES string of the molecule is CCCC(=O)N(CCC[NH+]1CCOCC1)c1nc2cc(C)c(C)cc2s1. The van der Waals surface area contributed by atoms with Crippen molar-refractivity contribution < 1.29 is 14.4 Å². The number of nitrogens with zero attached hydrogens (tertiary/aromatic N) is 2. The molecule has 0 bridgehead atoms. The first kappa shape index (κ1) is 19.3. The van der Waals surface area contributed by atoms with Crippen molar-refractivity contribution in [2.24, 2.45) is 0 Å². The predicted octanol–water partition coefficient (Wildman–Crippen LogP) is 2.35. The van der Waals surface area contributed by atoms with E-state index in [0.29, 0.717) is 6.42 Å². The van der Waals surface area contributed by atoms with Crippen LogP contribution in [-0.2, 0) is 9.53 Å². The molecule has 0 aliphatic carbocycles. The van der Waals surface area contributed by atoms with Gasteiger partial charge < -0.3 is 9.64 Å². The number of hydrogen-bond donors (Lipinski definition) is 1. The Bertz CT molecular complexity index is 714. The number of fused-ring (bicyclic) bond motifs is 1. The summed E-state index contributed by atoms with van der Waals surface area (Å²) in [5.41, 5.74) is 3.52. The van der Waals surface area contributed by atoms with E-state index in [9.17, 15) is 4.79 Å². The van der Waals surface area contributed by atoms with E-state index in [-0.39, 0.29) is 5.91 Å². The van der Waals surface area contributed by atoms with Gasteiger partial charge in [-0.15, -0.1) is 0 Å². The molecule has 0 saturated carbocycles. The van der Waals surface area contributed by atoms with Crippen molar-refractivity contribution in [3.05, 3.63) is 23.3 Å². The van der Waals surface area contributed by atoms with Gasteiger partial charge in [-0.05, 0) is 43.5 Å². The van der Waals surface area contributed by atoms with Crippen molar-refractivity contribution in [1.82, 2.24) is 4.98 Å². The Morgan fingerprint density at radius 2 is 2.00 bits per heavy atom. The van der Waals surface area contributed by atoms with Gasteiger partial charge in [0.15, 0.2) is 5.13 Å². The number of hydrogen-bond acceptors (Lipinski definition) is 4. The maximum Gasteiger partial charge on any atom is 0.228 e. The van der Waals surface area contributed by atoms with Crippen molar-refractivity contribution in [2.45, 2.75) is 40.0 Å². The van der Waals surface area contributed by atoms with Gasteiger partial charge in [0.05, 0.1) is 30.0 Å². The molecule has 5 nitrogen and oxygen atoms in total. The summed E-state index contributed by atoms with van der Waals surface area (Å²) in [6.07, 6.45) is 2.45. The topological polar surface area (TPSA) is 46.9 Å². The quantitative estimate of drug-likeness (QED) is 0.807. The molecule has 0 unspecified atom stereocenters. The molecule has 1 saturated heterocycles. The highest BCUT2D eigenvalue weighted by Gasteiger charge is 2.21. The second-order valence-corrected chi connectivity index (χ2v) is 8.17. The van der Waals surface area contributed by atoms with Crippen molar-refractivity contribution >= 4 is 32.6 Å². The van der Waals surface area contributed by atoms with Gasteiger partial charge in [-0.2, -0.15) is 0 Å². The number of carbonyl (C=O) groups excluding carboxylic acids is 1. The monoisotopic (exact) mass is 376 g/mol. The Morgan fingerprint density at radius 1 is 1.27 bits per heavy atom. The lowest BCUT2D eigenvalue weighted by atomic mass is 10.1. The summed E-state index contributed by atoms with van der Waals surface area (Å²) in [5.74, 6) is 0.192. The number of quaternary nitrogens is 1. The number of carbonyl (C=O) groups is 1. The molecule has 3 rings (SSSR count). The zero-order chi connectivity index (χ0) is 18.5. The highest BCUT2D eigenvalue weighted by molar-refractivity contribution is 7.22. The first-order chi connectivity index (χ1) is 12.6. The summed E-state index contributed by atoms with van der Waals surface area (Å²) >= 11 is 1.64. The molecule has 0 spiro atoms. The van der Waals surface area contributed by atoms with E-state index >= 15 is 0 Å². The van der Waals surface area contributed by atoms with Gasteiger partial charge in [0.1, 0.15) is 13.1 Å². The number of nitrogens with one attached hydrogen (secondary N) is 1. The van der Waals surface area contributed by atoms with Crippen LogP contribution in [0.25, 0.3) is 10.2 Å². The number of benzene rings is 1. The summed E-state index contributed by atoms with van der Waals surface area (Å²) < 4.78 is 6.59. The zero-order valence-corrected chi connectivity index (χ0v) is 17.0. The normalized spacial score (nSPS) is 15.5.